The predicted molar refractivity (Wildman–Crippen MR) is 126 cm³/mol. The maximum Gasteiger partial charge on any atom is 0.258 e. The van der Waals surface area contributed by atoms with Gasteiger partial charge in [-0.25, -0.2) is 4.68 Å². The van der Waals surface area contributed by atoms with Crippen molar-refractivity contribution in [2.75, 3.05) is 25.0 Å². The number of nitrogens with zero attached hydrogens (tertiary/aromatic N) is 3. The average molecular weight is 435 g/mol. The second-order valence-electron chi connectivity index (χ2n) is 8.00. The summed E-state index contributed by atoms with van der Waals surface area (Å²) in [6.07, 6.45) is 5.98. The zero-order valence-corrected chi connectivity index (χ0v) is 18.4. The van der Waals surface area contributed by atoms with Gasteiger partial charge in [0, 0.05) is 25.7 Å². The smallest absolute Gasteiger partial charge is 0.258 e. The maximum absolute atomic E-state index is 12.6. The summed E-state index contributed by atoms with van der Waals surface area (Å²) in [5, 5.41) is 7.90. The zero-order chi connectivity index (χ0) is 21.6. The van der Waals surface area contributed by atoms with E-state index >= 15 is 0 Å². The van der Waals surface area contributed by atoms with Gasteiger partial charge in [0.15, 0.2) is 0 Å². The summed E-state index contributed by atoms with van der Waals surface area (Å²) < 4.78 is 1.94. The van der Waals surface area contributed by atoms with Crippen molar-refractivity contribution in [3.63, 3.8) is 0 Å². The molecule has 1 fully saturated rings. The number of carbonyl (C=O) groups excluding carboxylic acids is 1. The summed E-state index contributed by atoms with van der Waals surface area (Å²) in [7, 11) is 0. The van der Waals surface area contributed by atoms with Crippen LogP contribution in [0.5, 0.6) is 0 Å². The minimum Gasteiger partial charge on any atom is -0.307 e. The van der Waals surface area contributed by atoms with E-state index in [2.05, 4.69) is 52.6 Å². The first-order valence-corrected chi connectivity index (χ1v) is 11.0. The summed E-state index contributed by atoms with van der Waals surface area (Å²) in [6.45, 7) is 5.16. The number of likely N-dealkylation sites (tertiary alicyclic amines) is 1. The van der Waals surface area contributed by atoms with E-state index in [0.717, 1.165) is 32.5 Å². The van der Waals surface area contributed by atoms with Crippen molar-refractivity contribution in [1.82, 2.24) is 14.7 Å². The van der Waals surface area contributed by atoms with Gasteiger partial charge in [0.1, 0.15) is 5.82 Å². The highest BCUT2D eigenvalue weighted by atomic mass is 35.5. The van der Waals surface area contributed by atoms with Crippen LogP contribution in [0.4, 0.5) is 5.82 Å². The Labute approximate surface area is 188 Å². The Kier molecular flexibility index (Phi) is 6.85. The van der Waals surface area contributed by atoms with Crippen LogP contribution in [0.25, 0.3) is 6.08 Å². The average Bonchev–Trinajstić information content (AvgIpc) is 3.23. The first kappa shape index (κ1) is 21.3. The van der Waals surface area contributed by atoms with E-state index in [1.807, 2.05) is 28.9 Å². The van der Waals surface area contributed by atoms with E-state index in [-0.39, 0.29) is 11.9 Å². The van der Waals surface area contributed by atoms with Crippen LogP contribution in [0, 0.1) is 0 Å². The van der Waals surface area contributed by atoms with Gasteiger partial charge in [-0.15, -0.1) is 0 Å². The molecule has 0 saturated carbocycles. The molecule has 1 aliphatic rings. The Hall–Kier alpha value is -2.89. The lowest BCUT2D eigenvalue weighted by Gasteiger charge is -2.33. The number of rotatable bonds is 6. The van der Waals surface area contributed by atoms with Crippen molar-refractivity contribution in [3.8, 4) is 0 Å². The summed E-state index contributed by atoms with van der Waals surface area (Å²) in [5.41, 5.74) is 3.06. The normalized spacial score (nSPS) is 15.7. The Morgan fingerprint density at radius 1 is 1.10 bits per heavy atom. The van der Waals surface area contributed by atoms with Gasteiger partial charge < -0.3 is 5.32 Å². The van der Waals surface area contributed by atoms with Crippen LogP contribution in [0.15, 0.2) is 72.4 Å². The predicted octanol–water partition coefficient (Wildman–Crippen LogP) is 5.53. The number of aromatic nitrogens is 2. The molecule has 1 saturated heterocycles. The standard InChI is InChI=1S/C25H27ClN4O/c1-19(17-20-7-3-2-4-8-20)18-29-15-12-21(13-16-29)30-24(11-14-27-30)28-25(31)22-9-5-6-10-23(22)26/h2-11,14,17,21H,12-13,15-16,18H2,1H3,(H,28,31)/b19-17+. The number of benzene rings is 2. The Morgan fingerprint density at radius 2 is 1.81 bits per heavy atom. The molecule has 4 rings (SSSR count). The molecule has 3 aromatic rings. The van der Waals surface area contributed by atoms with E-state index in [9.17, 15) is 4.79 Å². The lowest BCUT2D eigenvalue weighted by molar-refractivity contribution is 0.102. The molecule has 5 nitrogen and oxygen atoms in total. The third-order valence-electron chi connectivity index (χ3n) is 5.62. The van der Waals surface area contributed by atoms with Crippen LogP contribution in [-0.4, -0.2) is 40.2 Å². The number of halogens is 1. The second-order valence-corrected chi connectivity index (χ2v) is 8.41. The highest BCUT2D eigenvalue weighted by Gasteiger charge is 2.23. The Morgan fingerprint density at radius 3 is 2.55 bits per heavy atom. The molecule has 2 aromatic carbocycles. The molecule has 0 bridgehead atoms. The molecular weight excluding hydrogens is 408 g/mol. The van der Waals surface area contributed by atoms with Gasteiger partial charge in [-0.1, -0.05) is 65.7 Å². The number of nitrogens with one attached hydrogen (secondary N) is 1. The van der Waals surface area contributed by atoms with E-state index in [0.29, 0.717) is 16.4 Å². The van der Waals surface area contributed by atoms with Crippen molar-refractivity contribution >= 4 is 29.4 Å². The molecule has 6 heteroatoms. The highest BCUT2D eigenvalue weighted by molar-refractivity contribution is 6.34. The van der Waals surface area contributed by atoms with E-state index in [4.69, 9.17) is 11.6 Å². The van der Waals surface area contributed by atoms with Crippen molar-refractivity contribution in [2.45, 2.75) is 25.8 Å². The molecule has 0 atom stereocenters. The topological polar surface area (TPSA) is 50.2 Å². The van der Waals surface area contributed by atoms with Crippen LogP contribution >= 0.6 is 11.6 Å². The third-order valence-corrected chi connectivity index (χ3v) is 5.95. The van der Waals surface area contributed by atoms with Crippen LogP contribution in [0.1, 0.15) is 41.7 Å². The monoisotopic (exact) mass is 434 g/mol. The van der Waals surface area contributed by atoms with Gasteiger partial charge in [-0.2, -0.15) is 5.10 Å². The molecule has 0 unspecified atom stereocenters. The molecule has 1 amide bonds. The first-order valence-electron chi connectivity index (χ1n) is 10.6. The van der Waals surface area contributed by atoms with E-state index in [1.54, 1.807) is 18.3 Å². The molecule has 31 heavy (non-hydrogen) atoms. The van der Waals surface area contributed by atoms with Crippen molar-refractivity contribution in [3.05, 3.63) is 88.6 Å². The number of carbonyl (C=O) groups is 1. The number of piperidine rings is 1. The van der Waals surface area contributed by atoms with Crippen LogP contribution in [0.2, 0.25) is 5.02 Å². The van der Waals surface area contributed by atoms with Gasteiger partial charge in [-0.3, -0.25) is 9.69 Å². The van der Waals surface area contributed by atoms with Crippen molar-refractivity contribution in [2.24, 2.45) is 0 Å². The quantitative estimate of drug-likeness (QED) is 0.555. The Bertz CT molecular complexity index is 1050. The third kappa shape index (κ3) is 5.43. The first-order chi connectivity index (χ1) is 15.1. The largest absolute Gasteiger partial charge is 0.307 e. The summed E-state index contributed by atoms with van der Waals surface area (Å²) >= 11 is 6.16. The van der Waals surface area contributed by atoms with E-state index < -0.39 is 0 Å². The molecule has 1 N–H and O–H groups in total. The number of amides is 1. The Balaban J connectivity index is 1.35. The fourth-order valence-corrected chi connectivity index (χ4v) is 4.31. The van der Waals surface area contributed by atoms with Gasteiger partial charge >= 0.3 is 0 Å². The van der Waals surface area contributed by atoms with Crippen LogP contribution in [-0.2, 0) is 0 Å². The molecule has 0 aliphatic carbocycles. The molecule has 2 heterocycles. The van der Waals surface area contributed by atoms with Gasteiger partial charge in [0.2, 0.25) is 0 Å². The molecular formula is C25H27ClN4O. The zero-order valence-electron chi connectivity index (χ0n) is 17.7. The van der Waals surface area contributed by atoms with Gasteiger partial charge in [0.05, 0.1) is 22.8 Å². The minimum atomic E-state index is -0.216. The van der Waals surface area contributed by atoms with Gasteiger partial charge in [0.25, 0.3) is 5.91 Å². The molecule has 1 aromatic heterocycles. The number of hydrogen-bond donors (Lipinski definition) is 1. The summed E-state index contributed by atoms with van der Waals surface area (Å²) in [5.74, 6) is 0.495. The summed E-state index contributed by atoms with van der Waals surface area (Å²) in [4.78, 5) is 15.1. The lowest BCUT2D eigenvalue weighted by atomic mass is 10.0. The minimum absolute atomic E-state index is 0.216. The fraction of sp³-hybridized carbons (Fsp3) is 0.280. The molecule has 0 radical (unpaired) electrons. The fourth-order valence-electron chi connectivity index (χ4n) is 4.09. The maximum atomic E-state index is 12.6. The van der Waals surface area contributed by atoms with Crippen molar-refractivity contribution in [1.29, 1.82) is 0 Å². The summed E-state index contributed by atoms with van der Waals surface area (Å²) in [6, 6.07) is 19.6. The second kappa shape index (κ2) is 9.94. The number of hydrogen-bond acceptors (Lipinski definition) is 3. The number of anilines is 1. The SMILES string of the molecule is C/C(=C\c1ccccc1)CN1CCC(n2nccc2NC(=O)c2ccccc2Cl)CC1. The highest BCUT2D eigenvalue weighted by Crippen LogP contribution is 2.26. The van der Waals surface area contributed by atoms with Crippen LogP contribution < -0.4 is 5.32 Å². The molecule has 0 spiro atoms. The molecule has 160 valence electrons. The molecule has 1 aliphatic heterocycles. The van der Waals surface area contributed by atoms with Crippen molar-refractivity contribution < 1.29 is 4.79 Å². The van der Waals surface area contributed by atoms with Crippen LogP contribution in [0.3, 0.4) is 0 Å². The van der Waals surface area contributed by atoms with Gasteiger partial charge in [-0.05, 0) is 37.5 Å². The lowest BCUT2D eigenvalue weighted by Crippen LogP contribution is -2.36. The van der Waals surface area contributed by atoms with E-state index in [1.165, 1.54) is 11.1 Å².